The van der Waals surface area contributed by atoms with Crippen LogP contribution < -0.4 is 10.2 Å². The zero-order chi connectivity index (χ0) is 24.0. The molecule has 5 rings (SSSR count). The number of nitrogens with one attached hydrogen (secondary N) is 1. The molecule has 0 atom stereocenters. The van der Waals surface area contributed by atoms with Crippen molar-refractivity contribution in [3.63, 3.8) is 0 Å². The van der Waals surface area contributed by atoms with Gasteiger partial charge in [-0.15, -0.1) is 0 Å². The molecule has 3 aromatic rings. The fraction of sp³-hybridized carbons (Fsp3) is 0.448. The predicted molar refractivity (Wildman–Crippen MR) is 140 cm³/mol. The maximum Gasteiger partial charge on any atom is 0.223 e. The van der Waals surface area contributed by atoms with Crippen molar-refractivity contribution in [1.82, 2.24) is 15.2 Å². The highest BCUT2D eigenvalue weighted by atomic mass is 16.3. The standard InChI is InChI=1S/C29H36N4O2/c34-26-7-5-6-24-12-13-27(31-28(24)26)33-18-14-25(15-19-33)29(35)30-20-22-8-10-23(11-9-22)21-32-16-3-1-2-4-17-32/h5-13,25,34H,1-4,14-21H2,(H,30,35). The van der Waals surface area contributed by atoms with Crippen LogP contribution in [0.15, 0.2) is 54.6 Å². The Kier molecular flexibility index (Phi) is 7.48. The molecule has 0 saturated carbocycles. The lowest BCUT2D eigenvalue weighted by molar-refractivity contribution is -0.125. The molecule has 2 fully saturated rings. The number of para-hydroxylation sites is 1. The topological polar surface area (TPSA) is 68.7 Å². The Morgan fingerprint density at radius 1 is 0.886 bits per heavy atom. The van der Waals surface area contributed by atoms with E-state index >= 15 is 0 Å². The summed E-state index contributed by atoms with van der Waals surface area (Å²) in [6.45, 7) is 5.59. The van der Waals surface area contributed by atoms with E-state index < -0.39 is 0 Å². The van der Waals surface area contributed by atoms with E-state index in [1.165, 1.54) is 44.3 Å². The van der Waals surface area contributed by atoms with E-state index in [0.29, 0.717) is 12.1 Å². The largest absolute Gasteiger partial charge is 0.506 e. The number of piperidine rings is 1. The normalized spacial score (nSPS) is 17.9. The summed E-state index contributed by atoms with van der Waals surface area (Å²) < 4.78 is 0. The molecule has 3 heterocycles. The second-order valence-corrected chi connectivity index (χ2v) is 10.0. The number of carbonyl (C=O) groups excluding carboxylic acids is 1. The minimum absolute atomic E-state index is 0.0300. The van der Waals surface area contributed by atoms with E-state index in [4.69, 9.17) is 0 Å². The summed E-state index contributed by atoms with van der Waals surface area (Å²) in [6, 6.07) is 18.2. The van der Waals surface area contributed by atoms with Gasteiger partial charge in [-0.3, -0.25) is 9.69 Å². The third-order valence-corrected chi connectivity index (χ3v) is 7.47. The number of pyridine rings is 1. The number of fused-ring (bicyclic) bond motifs is 1. The number of rotatable bonds is 6. The molecule has 0 aliphatic carbocycles. The molecule has 2 aliphatic rings. The van der Waals surface area contributed by atoms with Gasteiger partial charge >= 0.3 is 0 Å². The fourth-order valence-corrected chi connectivity index (χ4v) is 5.32. The number of aromatic nitrogens is 1. The number of phenolic OH excluding ortho intramolecular Hbond substituents is 1. The summed E-state index contributed by atoms with van der Waals surface area (Å²) in [7, 11) is 0. The molecule has 0 spiro atoms. The summed E-state index contributed by atoms with van der Waals surface area (Å²) in [5.41, 5.74) is 3.13. The van der Waals surface area contributed by atoms with Crippen molar-refractivity contribution < 1.29 is 9.90 Å². The van der Waals surface area contributed by atoms with Crippen LogP contribution in [-0.4, -0.2) is 47.1 Å². The van der Waals surface area contributed by atoms with Gasteiger partial charge in [0.15, 0.2) is 0 Å². The molecule has 2 N–H and O–H groups in total. The van der Waals surface area contributed by atoms with Gasteiger partial charge in [0.25, 0.3) is 0 Å². The van der Waals surface area contributed by atoms with Crippen LogP contribution in [-0.2, 0) is 17.9 Å². The molecule has 2 saturated heterocycles. The molecule has 0 bridgehead atoms. The van der Waals surface area contributed by atoms with Gasteiger partial charge < -0.3 is 15.3 Å². The summed E-state index contributed by atoms with van der Waals surface area (Å²) in [4.78, 5) is 22.2. The SMILES string of the molecule is O=C(NCc1ccc(CN2CCCCCC2)cc1)C1CCN(c2ccc3cccc(O)c3n2)CC1. The van der Waals surface area contributed by atoms with Gasteiger partial charge in [-0.2, -0.15) is 0 Å². The maximum absolute atomic E-state index is 12.8. The van der Waals surface area contributed by atoms with Crippen LogP contribution in [0.3, 0.4) is 0 Å². The number of hydrogen-bond donors (Lipinski definition) is 2. The van der Waals surface area contributed by atoms with Gasteiger partial charge in [0.1, 0.15) is 17.1 Å². The van der Waals surface area contributed by atoms with Crippen LogP contribution >= 0.6 is 0 Å². The van der Waals surface area contributed by atoms with Crippen LogP contribution in [0, 0.1) is 5.92 Å². The van der Waals surface area contributed by atoms with Crippen molar-refractivity contribution >= 4 is 22.6 Å². The minimum atomic E-state index is 0.0300. The number of nitrogens with zero attached hydrogens (tertiary/aromatic N) is 3. The lowest BCUT2D eigenvalue weighted by Gasteiger charge is -2.32. The lowest BCUT2D eigenvalue weighted by atomic mass is 9.95. The van der Waals surface area contributed by atoms with Gasteiger partial charge in [0.05, 0.1) is 0 Å². The highest BCUT2D eigenvalue weighted by molar-refractivity contribution is 5.85. The van der Waals surface area contributed by atoms with Crippen molar-refractivity contribution in [3.05, 3.63) is 65.7 Å². The number of anilines is 1. The van der Waals surface area contributed by atoms with Crippen LogP contribution in [0.25, 0.3) is 10.9 Å². The second-order valence-electron chi connectivity index (χ2n) is 10.0. The van der Waals surface area contributed by atoms with E-state index in [-0.39, 0.29) is 17.6 Å². The van der Waals surface area contributed by atoms with Crippen molar-refractivity contribution in [2.24, 2.45) is 5.92 Å². The smallest absolute Gasteiger partial charge is 0.223 e. The van der Waals surface area contributed by atoms with Crippen LogP contribution in [0.2, 0.25) is 0 Å². The number of amides is 1. The van der Waals surface area contributed by atoms with Gasteiger partial charge in [-0.1, -0.05) is 49.2 Å². The molecule has 6 heteroatoms. The highest BCUT2D eigenvalue weighted by Crippen LogP contribution is 2.28. The van der Waals surface area contributed by atoms with E-state index in [1.54, 1.807) is 6.07 Å². The third kappa shape index (κ3) is 5.93. The highest BCUT2D eigenvalue weighted by Gasteiger charge is 2.25. The van der Waals surface area contributed by atoms with Crippen molar-refractivity contribution in [2.75, 3.05) is 31.1 Å². The Hall–Kier alpha value is -3.12. The van der Waals surface area contributed by atoms with Gasteiger partial charge in [-0.25, -0.2) is 4.98 Å². The zero-order valence-electron chi connectivity index (χ0n) is 20.5. The quantitative estimate of drug-likeness (QED) is 0.537. The van der Waals surface area contributed by atoms with E-state index in [9.17, 15) is 9.90 Å². The minimum Gasteiger partial charge on any atom is -0.506 e. The van der Waals surface area contributed by atoms with Gasteiger partial charge in [0.2, 0.25) is 5.91 Å². The number of carbonyl (C=O) groups is 1. The first kappa shape index (κ1) is 23.6. The average Bonchev–Trinajstić information content (AvgIpc) is 3.17. The van der Waals surface area contributed by atoms with E-state index in [1.807, 2.05) is 24.3 Å². The Bertz CT molecular complexity index is 1130. The molecular weight excluding hydrogens is 436 g/mol. The number of benzene rings is 2. The van der Waals surface area contributed by atoms with Gasteiger partial charge in [-0.05, 0) is 68.1 Å². The molecule has 1 aromatic heterocycles. The maximum atomic E-state index is 12.8. The van der Waals surface area contributed by atoms with Crippen molar-refractivity contribution in [2.45, 2.75) is 51.6 Å². The molecule has 0 radical (unpaired) electrons. The molecule has 2 aliphatic heterocycles. The zero-order valence-corrected chi connectivity index (χ0v) is 20.5. The Morgan fingerprint density at radius 2 is 1.60 bits per heavy atom. The first-order valence-corrected chi connectivity index (χ1v) is 13.1. The number of likely N-dealkylation sites (tertiary alicyclic amines) is 1. The Labute approximate surface area is 208 Å². The summed E-state index contributed by atoms with van der Waals surface area (Å²) >= 11 is 0. The lowest BCUT2D eigenvalue weighted by Crippen LogP contribution is -2.40. The van der Waals surface area contributed by atoms with Gasteiger partial charge in [0, 0.05) is 37.5 Å². The molecule has 35 heavy (non-hydrogen) atoms. The average molecular weight is 473 g/mol. The molecule has 1 amide bonds. The molecule has 0 unspecified atom stereocenters. The third-order valence-electron chi connectivity index (χ3n) is 7.47. The summed E-state index contributed by atoms with van der Waals surface area (Å²) in [5, 5.41) is 14.2. The summed E-state index contributed by atoms with van der Waals surface area (Å²) in [5.74, 6) is 1.23. The first-order chi connectivity index (χ1) is 17.2. The van der Waals surface area contributed by atoms with E-state index in [2.05, 4.69) is 44.4 Å². The van der Waals surface area contributed by atoms with Crippen LogP contribution in [0.1, 0.15) is 49.7 Å². The molecule has 2 aromatic carbocycles. The number of phenols is 1. The Morgan fingerprint density at radius 3 is 2.34 bits per heavy atom. The molecule has 6 nitrogen and oxygen atoms in total. The van der Waals surface area contributed by atoms with Crippen molar-refractivity contribution in [1.29, 1.82) is 0 Å². The van der Waals surface area contributed by atoms with Crippen LogP contribution in [0.5, 0.6) is 5.75 Å². The first-order valence-electron chi connectivity index (χ1n) is 13.1. The van der Waals surface area contributed by atoms with Crippen molar-refractivity contribution in [3.8, 4) is 5.75 Å². The predicted octanol–water partition coefficient (Wildman–Crippen LogP) is 4.85. The molecule has 184 valence electrons. The monoisotopic (exact) mass is 472 g/mol. The Balaban J connectivity index is 1.09. The number of hydrogen-bond acceptors (Lipinski definition) is 5. The fourth-order valence-electron chi connectivity index (χ4n) is 5.32. The van der Waals surface area contributed by atoms with Crippen LogP contribution in [0.4, 0.5) is 5.82 Å². The summed E-state index contributed by atoms with van der Waals surface area (Å²) in [6.07, 6.45) is 6.96. The molecular formula is C29H36N4O2. The van der Waals surface area contributed by atoms with E-state index in [0.717, 1.165) is 49.2 Å². The second kappa shape index (κ2) is 11.1. The number of aromatic hydroxyl groups is 1.